The first kappa shape index (κ1) is 13.1. The zero-order valence-electron chi connectivity index (χ0n) is 12.6. The summed E-state index contributed by atoms with van der Waals surface area (Å²) in [4.78, 5) is 12.6. The lowest BCUT2D eigenvalue weighted by atomic mass is 9.92. The van der Waals surface area contributed by atoms with Crippen LogP contribution in [0.15, 0.2) is 36.4 Å². The van der Waals surface area contributed by atoms with E-state index >= 15 is 0 Å². The molecule has 0 radical (unpaired) electrons. The maximum Gasteiger partial charge on any atom is 0.420 e. The quantitative estimate of drug-likeness (QED) is 0.798. The Kier molecular flexibility index (Phi) is 2.79. The van der Waals surface area contributed by atoms with E-state index in [4.69, 9.17) is 9.47 Å². The van der Waals surface area contributed by atoms with Crippen LogP contribution in [0.5, 0.6) is 11.5 Å². The summed E-state index contributed by atoms with van der Waals surface area (Å²) in [6.45, 7) is 0.700. The summed E-state index contributed by atoms with van der Waals surface area (Å²) >= 11 is 0. The highest BCUT2D eigenvalue weighted by atomic mass is 16.5. The van der Waals surface area contributed by atoms with Gasteiger partial charge in [0.25, 0.3) is 0 Å². The number of rotatable bonds is 2. The lowest BCUT2D eigenvalue weighted by Crippen LogP contribution is -2.29. The van der Waals surface area contributed by atoms with Gasteiger partial charge in [-0.25, -0.2) is 4.79 Å². The van der Waals surface area contributed by atoms with Crippen molar-refractivity contribution < 1.29 is 18.8 Å². The average molecular weight is 294 g/mol. The van der Waals surface area contributed by atoms with E-state index < -0.39 is 0 Å². The standard InChI is InChI=1S/C18H16NO3/c1-21-15-9-11-7-8-19-17(14(11)10-16(15)22-2)12-5-3-4-6-13(12)18(19)20/h3-6,9-10H,7-8H2,1-2H3/q+1. The molecule has 0 aliphatic carbocycles. The van der Waals surface area contributed by atoms with Crippen molar-refractivity contribution in [2.24, 2.45) is 0 Å². The monoisotopic (exact) mass is 294 g/mol. The molecule has 0 unspecified atom stereocenters. The van der Waals surface area contributed by atoms with Gasteiger partial charge in [-0.05, 0) is 29.8 Å². The molecule has 22 heavy (non-hydrogen) atoms. The van der Waals surface area contributed by atoms with E-state index in [1.54, 1.807) is 14.2 Å². The molecule has 1 amide bonds. The number of benzene rings is 2. The van der Waals surface area contributed by atoms with Gasteiger partial charge in [-0.2, -0.15) is 4.58 Å². The second kappa shape index (κ2) is 4.70. The van der Waals surface area contributed by atoms with Crippen LogP contribution in [0.1, 0.15) is 27.0 Å². The van der Waals surface area contributed by atoms with E-state index in [-0.39, 0.29) is 5.91 Å². The van der Waals surface area contributed by atoms with Crippen LogP contribution in [0, 0.1) is 0 Å². The highest BCUT2D eigenvalue weighted by Crippen LogP contribution is 2.35. The molecule has 2 heterocycles. The van der Waals surface area contributed by atoms with Crippen LogP contribution in [0.2, 0.25) is 0 Å². The zero-order chi connectivity index (χ0) is 15.3. The van der Waals surface area contributed by atoms with Crippen LogP contribution in [-0.2, 0) is 6.42 Å². The van der Waals surface area contributed by atoms with Crippen molar-refractivity contribution in [3.05, 3.63) is 58.7 Å². The fraction of sp³-hybridized carbons (Fsp3) is 0.222. The van der Waals surface area contributed by atoms with Gasteiger partial charge < -0.3 is 9.47 Å². The van der Waals surface area contributed by atoms with Gasteiger partial charge in [-0.1, -0.05) is 12.1 Å². The van der Waals surface area contributed by atoms with Crippen LogP contribution >= 0.6 is 0 Å². The van der Waals surface area contributed by atoms with E-state index in [0.29, 0.717) is 12.3 Å². The van der Waals surface area contributed by atoms with Crippen LogP contribution in [0.4, 0.5) is 0 Å². The van der Waals surface area contributed by atoms with Gasteiger partial charge in [0.05, 0.1) is 25.3 Å². The van der Waals surface area contributed by atoms with E-state index in [2.05, 4.69) is 0 Å². The van der Waals surface area contributed by atoms with Gasteiger partial charge in [0.1, 0.15) is 5.56 Å². The van der Waals surface area contributed by atoms with Crippen molar-refractivity contribution in [3.63, 3.8) is 0 Å². The molecule has 0 N–H and O–H groups in total. The molecule has 0 aromatic heterocycles. The summed E-state index contributed by atoms with van der Waals surface area (Å²) in [5, 5.41) is 0. The number of fused-ring (bicyclic) bond motifs is 4. The number of amides is 1. The molecule has 0 saturated heterocycles. The van der Waals surface area contributed by atoms with E-state index in [1.165, 1.54) is 5.56 Å². The largest absolute Gasteiger partial charge is 0.493 e. The number of carbonyl (C=O) groups excluding carboxylic acids is 1. The summed E-state index contributed by atoms with van der Waals surface area (Å²) in [7, 11) is 3.27. The van der Waals surface area contributed by atoms with Gasteiger partial charge in [-0.15, -0.1) is 0 Å². The first-order chi connectivity index (χ1) is 10.7. The first-order valence-electron chi connectivity index (χ1n) is 7.28. The Labute approximate surface area is 128 Å². The summed E-state index contributed by atoms with van der Waals surface area (Å²) in [6, 6.07) is 11.8. The van der Waals surface area contributed by atoms with Crippen molar-refractivity contribution in [1.82, 2.24) is 0 Å². The van der Waals surface area contributed by atoms with E-state index in [1.807, 2.05) is 41.0 Å². The fourth-order valence-electron chi connectivity index (χ4n) is 3.35. The minimum Gasteiger partial charge on any atom is -0.493 e. The third kappa shape index (κ3) is 1.64. The molecule has 4 nitrogen and oxygen atoms in total. The van der Waals surface area contributed by atoms with Crippen molar-refractivity contribution in [1.29, 1.82) is 0 Å². The molecular formula is C18H16NO3+. The highest BCUT2D eigenvalue weighted by molar-refractivity contribution is 6.21. The number of nitrogens with zero attached hydrogens (tertiary/aromatic N) is 1. The van der Waals surface area contributed by atoms with Crippen molar-refractivity contribution in [3.8, 4) is 11.5 Å². The fourth-order valence-corrected chi connectivity index (χ4v) is 3.35. The second-order valence-electron chi connectivity index (χ2n) is 5.47. The molecule has 2 aliphatic rings. The van der Waals surface area contributed by atoms with Gasteiger partial charge in [-0.3, -0.25) is 0 Å². The van der Waals surface area contributed by atoms with Gasteiger partial charge in [0, 0.05) is 6.42 Å². The molecule has 0 bridgehead atoms. The maximum atomic E-state index is 12.6. The van der Waals surface area contributed by atoms with Crippen LogP contribution in [0.25, 0.3) is 0 Å². The Balaban J connectivity index is 1.98. The molecule has 4 rings (SSSR count). The average Bonchev–Trinajstić information content (AvgIpc) is 2.87. The number of ether oxygens (including phenoxy) is 2. The molecular weight excluding hydrogens is 278 g/mol. The van der Waals surface area contributed by atoms with Crippen molar-refractivity contribution in [2.45, 2.75) is 6.42 Å². The van der Waals surface area contributed by atoms with E-state index in [0.717, 1.165) is 34.6 Å². The lowest BCUT2D eigenvalue weighted by molar-refractivity contribution is -0.425. The van der Waals surface area contributed by atoms with Gasteiger partial charge in [0.2, 0.25) is 5.71 Å². The molecule has 2 aromatic carbocycles. The maximum absolute atomic E-state index is 12.6. The molecule has 0 fully saturated rings. The molecule has 0 atom stereocenters. The summed E-state index contributed by atoms with van der Waals surface area (Å²) in [6.07, 6.45) is 0.818. The minimum atomic E-state index is 0.0889. The highest BCUT2D eigenvalue weighted by Gasteiger charge is 2.42. The summed E-state index contributed by atoms with van der Waals surface area (Å²) in [5.41, 5.74) is 5.01. The zero-order valence-corrected chi connectivity index (χ0v) is 12.6. The third-order valence-corrected chi connectivity index (χ3v) is 4.40. The smallest absolute Gasteiger partial charge is 0.420 e. The molecule has 2 aliphatic heterocycles. The Hall–Kier alpha value is -2.62. The first-order valence-corrected chi connectivity index (χ1v) is 7.28. The Morgan fingerprint density at radius 2 is 1.64 bits per heavy atom. The lowest BCUT2D eigenvalue weighted by Gasteiger charge is -2.16. The summed E-state index contributed by atoms with van der Waals surface area (Å²) in [5.74, 6) is 1.51. The predicted molar refractivity (Wildman–Crippen MR) is 82.4 cm³/mol. The molecule has 0 saturated carbocycles. The summed E-state index contributed by atoms with van der Waals surface area (Å²) < 4.78 is 12.7. The van der Waals surface area contributed by atoms with Gasteiger partial charge in [0.15, 0.2) is 18.0 Å². The van der Waals surface area contributed by atoms with Crippen LogP contribution in [-0.4, -0.2) is 37.0 Å². The second-order valence-corrected chi connectivity index (χ2v) is 5.47. The van der Waals surface area contributed by atoms with Crippen molar-refractivity contribution in [2.75, 3.05) is 20.8 Å². The van der Waals surface area contributed by atoms with Gasteiger partial charge >= 0.3 is 5.91 Å². The SMILES string of the molecule is COc1cc2c(cc1OC)C1=[N+](CC2)C(=O)c2ccccc21. The Morgan fingerprint density at radius 1 is 0.955 bits per heavy atom. The number of methoxy groups -OCH3 is 2. The molecule has 110 valence electrons. The van der Waals surface area contributed by atoms with E-state index in [9.17, 15) is 4.79 Å². The molecule has 4 heteroatoms. The van der Waals surface area contributed by atoms with Crippen LogP contribution < -0.4 is 9.47 Å². The number of hydrogen-bond donors (Lipinski definition) is 0. The predicted octanol–water partition coefficient (Wildman–Crippen LogP) is 2.26. The number of carbonyl (C=O) groups is 1. The van der Waals surface area contributed by atoms with Crippen LogP contribution in [0.3, 0.4) is 0 Å². The minimum absolute atomic E-state index is 0.0889. The van der Waals surface area contributed by atoms with Crippen molar-refractivity contribution >= 4 is 11.6 Å². The number of hydrogen-bond acceptors (Lipinski definition) is 3. The Bertz CT molecular complexity index is 836. The Morgan fingerprint density at radius 3 is 2.36 bits per heavy atom. The molecule has 2 aromatic rings. The normalized spacial score (nSPS) is 15.3. The third-order valence-electron chi connectivity index (χ3n) is 4.40. The molecule has 0 spiro atoms. The topological polar surface area (TPSA) is 38.5 Å².